The molecule has 0 nitrogen and oxygen atoms in total. The fourth-order valence-electron chi connectivity index (χ4n) is 0.782. The van der Waals surface area contributed by atoms with Crippen LogP contribution in [0.1, 0.15) is 18.4 Å². The molecule has 47 valence electrons. The topological polar surface area (TPSA) is 0 Å². The second kappa shape index (κ2) is 2.67. The monoisotopic (exact) mass is 119 g/mol. The molecule has 1 aromatic rings. The number of benzene rings is 1. The van der Waals surface area contributed by atoms with E-state index in [0.29, 0.717) is 5.92 Å². The predicted molar refractivity (Wildman–Crippen MR) is 40.2 cm³/mol. The average Bonchev–Trinajstić information content (AvgIpc) is 1.90. The van der Waals surface area contributed by atoms with Crippen LogP contribution in [0.3, 0.4) is 0 Å². The van der Waals surface area contributed by atoms with E-state index < -0.39 is 0 Å². The lowest BCUT2D eigenvalue weighted by molar-refractivity contribution is 0.964. The van der Waals surface area contributed by atoms with E-state index in [1.165, 1.54) is 5.56 Å². The molecule has 1 radical (unpaired) electrons. The zero-order valence-corrected chi connectivity index (χ0v) is 5.67. The van der Waals surface area contributed by atoms with Crippen molar-refractivity contribution in [3.05, 3.63) is 42.8 Å². The van der Waals surface area contributed by atoms with Crippen LogP contribution in [-0.4, -0.2) is 0 Å². The predicted octanol–water partition coefficient (Wildman–Crippen LogP) is 2.62. The van der Waals surface area contributed by atoms with Gasteiger partial charge < -0.3 is 0 Å². The van der Waals surface area contributed by atoms with Crippen molar-refractivity contribution in [3.8, 4) is 0 Å². The molecule has 0 aliphatic rings. The molecule has 0 N–H and O–H groups in total. The van der Waals surface area contributed by atoms with E-state index in [1.54, 1.807) is 0 Å². The molecule has 1 aromatic carbocycles. The van der Waals surface area contributed by atoms with Gasteiger partial charge in [-0.2, -0.15) is 0 Å². The minimum absolute atomic E-state index is 0.409. The summed E-state index contributed by atoms with van der Waals surface area (Å²) in [6.07, 6.45) is 0. The van der Waals surface area contributed by atoms with Gasteiger partial charge in [-0.15, -0.1) is 0 Å². The van der Waals surface area contributed by atoms with E-state index in [1.807, 2.05) is 18.2 Å². The molecule has 0 heterocycles. The van der Waals surface area contributed by atoms with E-state index in [4.69, 9.17) is 0 Å². The first-order valence-electron chi connectivity index (χ1n) is 3.18. The number of rotatable bonds is 1. The Hall–Kier alpha value is -0.780. The van der Waals surface area contributed by atoms with Crippen LogP contribution < -0.4 is 0 Å². The van der Waals surface area contributed by atoms with Crippen LogP contribution in [0.4, 0.5) is 0 Å². The van der Waals surface area contributed by atoms with Gasteiger partial charge >= 0.3 is 0 Å². The van der Waals surface area contributed by atoms with Gasteiger partial charge in [-0.05, 0) is 18.4 Å². The lowest BCUT2D eigenvalue weighted by Gasteiger charge is -2.01. The maximum absolute atomic E-state index is 3.91. The molecule has 0 amide bonds. The Morgan fingerprint density at radius 1 is 1.22 bits per heavy atom. The van der Waals surface area contributed by atoms with Crippen molar-refractivity contribution < 1.29 is 0 Å². The molecule has 9 heavy (non-hydrogen) atoms. The largest absolute Gasteiger partial charge is 0.0622 e. The highest BCUT2D eigenvalue weighted by molar-refractivity contribution is 5.19. The third-order valence-corrected chi connectivity index (χ3v) is 1.37. The van der Waals surface area contributed by atoms with Crippen molar-refractivity contribution in [2.45, 2.75) is 12.8 Å². The first-order valence-corrected chi connectivity index (χ1v) is 3.18. The first kappa shape index (κ1) is 6.34. The van der Waals surface area contributed by atoms with Gasteiger partial charge in [0, 0.05) is 0 Å². The summed E-state index contributed by atoms with van der Waals surface area (Å²) >= 11 is 0. The van der Waals surface area contributed by atoms with E-state index in [9.17, 15) is 0 Å². The van der Waals surface area contributed by atoms with Crippen LogP contribution in [0.5, 0.6) is 0 Å². The summed E-state index contributed by atoms with van der Waals surface area (Å²) in [4.78, 5) is 0. The summed E-state index contributed by atoms with van der Waals surface area (Å²) in [5, 5.41) is 0. The average molecular weight is 119 g/mol. The Bertz CT molecular complexity index is 163. The molecule has 1 rings (SSSR count). The highest BCUT2D eigenvalue weighted by atomic mass is 14.0. The summed E-state index contributed by atoms with van der Waals surface area (Å²) in [6.45, 7) is 6.00. The Balaban J connectivity index is 2.85. The molecule has 0 fully saturated rings. The van der Waals surface area contributed by atoms with Gasteiger partial charge in [-0.3, -0.25) is 0 Å². The van der Waals surface area contributed by atoms with Crippen molar-refractivity contribution in [1.82, 2.24) is 0 Å². The molecular weight excluding hydrogens is 108 g/mol. The zero-order chi connectivity index (χ0) is 6.69. The highest BCUT2D eigenvalue weighted by Gasteiger charge is 1.93. The van der Waals surface area contributed by atoms with E-state index >= 15 is 0 Å². The fraction of sp³-hybridized carbons (Fsp3) is 0.222. The lowest BCUT2D eigenvalue weighted by atomic mass is 10.0. The van der Waals surface area contributed by atoms with Crippen molar-refractivity contribution >= 4 is 0 Å². The number of hydrogen-bond acceptors (Lipinski definition) is 0. The van der Waals surface area contributed by atoms with Crippen LogP contribution in [0.15, 0.2) is 30.3 Å². The molecule has 0 unspecified atom stereocenters. The molecule has 0 aromatic heterocycles. The highest BCUT2D eigenvalue weighted by Crippen LogP contribution is 2.11. The lowest BCUT2D eigenvalue weighted by Crippen LogP contribution is -1.83. The SMILES string of the molecule is [CH2][C@H](C)c1ccccc1. The van der Waals surface area contributed by atoms with Gasteiger partial charge in [-0.1, -0.05) is 37.3 Å². The fourth-order valence-corrected chi connectivity index (χ4v) is 0.782. The molecule has 0 aliphatic heterocycles. The molecule has 0 heteroatoms. The standard InChI is InChI=1S/C9H11/c1-8(2)9-6-4-3-5-7-9/h3-8H,1H2,2H3/t8-/m1/s1. The van der Waals surface area contributed by atoms with Crippen LogP contribution in [0.25, 0.3) is 0 Å². The van der Waals surface area contributed by atoms with Gasteiger partial charge in [0.25, 0.3) is 0 Å². The maximum atomic E-state index is 3.91. The van der Waals surface area contributed by atoms with Crippen LogP contribution in [0, 0.1) is 6.92 Å². The Kier molecular flexibility index (Phi) is 1.88. The van der Waals surface area contributed by atoms with Crippen molar-refractivity contribution in [2.24, 2.45) is 0 Å². The molecule has 0 aliphatic carbocycles. The Morgan fingerprint density at radius 2 is 1.78 bits per heavy atom. The summed E-state index contributed by atoms with van der Waals surface area (Å²) in [7, 11) is 0. The van der Waals surface area contributed by atoms with Crippen LogP contribution in [-0.2, 0) is 0 Å². The normalized spacial score (nSPS) is 10.1. The minimum Gasteiger partial charge on any atom is -0.0622 e. The van der Waals surface area contributed by atoms with Gasteiger partial charge in [0.2, 0.25) is 0 Å². The van der Waals surface area contributed by atoms with Crippen LogP contribution in [0.2, 0.25) is 0 Å². The van der Waals surface area contributed by atoms with Crippen molar-refractivity contribution in [1.29, 1.82) is 0 Å². The van der Waals surface area contributed by atoms with E-state index in [2.05, 4.69) is 26.0 Å². The zero-order valence-electron chi connectivity index (χ0n) is 5.67. The summed E-state index contributed by atoms with van der Waals surface area (Å²) in [5.74, 6) is 0.409. The summed E-state index contributed by atoms with van der Waals surface area (Å²) in [5.41, 5.74) is 1.30. The molecule has 0 bridgehead atoms. The van der Waals surface area contributed by atoms with Gasteiger partial charge in [0.05, 0.1) is 0 Å². The first-order chi connectivity index (χ1) is 4.30. The van der Waals surface area contributed by atoms with Crippen molar-refractivity contribution in [2.75, 3.05) is 0 Å². The smallest absolute Gasteiger partial charge is 0.0190 e. The van der Waals surface area contributed by atoms with Gasteiger partial charge in [-0.25, -0.2) is 0 Å². The molecule has 0 saturated heterocycles. The molecule has 0 spiro atoms. The molecular formula is C9H11. The second-order valence-corrected chi connectivity index (χ2v) is 2.31. The molecule has 0 saturated carbocycles. The Morgan fingerprint density at radius 3 is 2.11 bits per heavy atom. The van der Waals surface area contributed by atoms with E-state index in [-0.39, 0.29) is 0 Å². The summed E-state index contributed by atoms with van der Waals surface area (Å²) in [6, 6.07) is 10.3. The van der Waals surface area contributed by atoms with Crippen LogP contribution >= 0.6 is 0 Å². The van der Waals surface area contributed by atoms with E-state index in [0.717, 1.165) is 0 Å². The summed E-state index contributed by atoms with van der Waals surface area (Å²) < 4.78 is 0. The molecule has 1 atom stereocenters. The maximum Gasteiger partial charge on any atom is -0.0190 e. The third-order valence-electron chi connectivity index (χ3n) is 1.37. The second-order valence-electron chi connectivity index (χ2n) is 2.31. The Labute approximate surface area is 56.5 Å². The quantitative estimate of drug-likeness (QED) is 0.533. The minimum atomic E-state index is 0.409. The van der Waals surface area contributed by atoms with Crippen molar-refractivity contribution in [3.63, 3.8) is 0 Å². The third kappa shape index (κ3) is 1.56. The van der Waals surface area contributed by atoms with Gasteiger partial charge in [0.15, 0.2) is 0 Å². The number of hydrogen-bond donors (Lipinski definition) is 0. The van der Waals surface area contributed by atoms with Gasteiger partial charge in [0.1, 0.15) is 0 Å².